The molecule has 7 nitrogen and oxygen atoms in total. The van der Waals surface area contributed by atoms with Crippen molar-refractivity contribution in [2.24, 2.45) is 0 Å². The highest BCUT2D eigenvalue weighted by molar-refractivity contribution is 6.28. The number of aromatic nitrogens is 2. The van der Waals surface area contributed by atoms with Gasteiger partial charge in [0.15, 0.2) is 0 Å². The maximum Gasteiger partial charge on any atom is 0.418 e. The van der Waals surface area contributed by atoms with Gasteiger partial charge in [-0.15, -0.1) is 5.10 Å². The van der Waals surface area contributed by atoms with Gasteiger partial charge in [0.2, 0.25) is 12.3 Å². The van der Waals surface area contributed by atoms with Gasteiger partial charge in [0.1, 0.15) is 0 Å². The molecule has 0 unspecified atom stereocenters. The quantitative estimate of drug-likeness (QED) is 0.194. The molecule has 0 fully saturated rings. The highest BCUT2D eigenvalue weighted by Gasteiger charge is 2.36. The third-order valence-corrected chi connectivity index (χ3v) is 4.38. The number of hydrogen-bond acceptors (Lipinski definition) is 6. The van der Waals surface area contributed by atoms with Crippen LogP contribution in [-0.2, 0) is 11.0 Å². The number of unbranched alkanes of at least 4 members (excludes halogenated alkanes) is 2. The van der Waals surface area contributed by atoms with Gasteiger partial charge in [-0.25, -0.2) is 9.48 Å². The van der Waals surface area contributed by atoms with Crippen LogP contribution >= 0.6 is 11.8 Å². The zero-order valence-electron chi connectivity index (χ0n) is 15.1. The predicted molar refractivity (Wildman–Crippen MR) is 95.2 cm³/mol. The van der Waals surface area contributed by atoms with E-state index in [-0.39, 0.29) is 30.5 Å². The van der Waals surface area contributed by atoms with Crippen LogP contribution in [0.3, 0.4) is 0 Å². The predicted octanol–water partition coefficient (Wildman–Crippen LogP) is 4.89. The Labute approximate surface area is 164 Å². The van der Waals surface area contributed by atoms with Gasteiger partial charge >= 0.3 is 12.2 Å². The Morgan fingerprint density at radius 1 is 1.29 bits per heavy atom. The summed E-state index contributed by atoms with van der Waals surface area (Å²) in [4.78, 5) is 10.7. The second-order valence-electron chi connectivity index (χ2n) is 6.14. The first-order valence-corrected chi connectivity index (χ1v) is 8.98. The molecule has 0 aliphatic carbocycles. The van der Waals surface area contributed by atoms with Crippen molar-refractivity contribution in [3.8, 4) is 0 Å². The number of carbonyl (C=O) groups is 1. The van der Waals surface area contributed by atoms with E-state index >= 15 is 0 Å². The van der Waals surface area contributed by atoms with Crippen molar-refractivity contribution in [2.45, 2.75) is 44.7 Å². The number of nitrogens with zero attached hydrogens (tertiary/aromatic N) is 4. The van der Waals surface area contributed by atoms with Crippen molar-refractivity contribution < 1.29 is 27.6 Å². The van der Waals surface area contributed by atoms with Crippen LogP contribution in [0.15, 0.2) is 28.7 Å². The Morgan fingerprint density at radius 3 is 2.64 bits per heavy atom. The average Bonchev–Trinajstić information content (AvgIpc) is 3.16. The number of benzene rings is 1. The van der Waals surface area contributed by atoms with Gasteiger partial charge in [0, 0.05) is 11.8 Å². The third-order valence-electron chi connectivity index (χ3n) is 4.05. The number of anilines is 2. The molecule has 2 aromatic rings. The average molecular weight is 421 g/mol. The van der Waals surface area contributed by atoms with E-state index in [4.69, 9.17) is 16.2 Å². The van der Waals surface area contributed by atoms with Crippen molar-refractivity contribution in [3.63, 3.8) is 0 Å². The van der Waals surface area contributed by atoms with Crippen molar-refractivity contribution in [3.05, 3.63) is 35.7 Å². The SMILES string of the molecule is CCCCC[C@H](CN(O)C=O)c1nnc(N(Cl)c2ccccc2C(F)(F)F)o1. The van der Waals surface area contributed by atoms with Gasteiger partial charge < -0.3 is 4.42 Å². The standard InChI is InChI=1S/C17H20ClF3N4O3/c1-2-3-4-7-12(10-24(27)11-26)15-22-23-16(28-15)25(18)14-9-6-5-8-13(14)17(19,20)21/h5-6,8-9,11-12,27H,2-4,7,10H2,1H3/t12-/m1/s1. The number of amides is 1. The van der Waals surface area contributed by atoms with Gasteiger partial charge in [0.25, 0.3) is 0 Å². The first-order chi connectivity index (χ1) is 13.3. The molecule has 0 aliphatic heterocycles. The summed E-state index contributed by atoms with van der Waals surface area (Å²) >= 11 is 6.04. The van der Waals surface area contributed by atoms with Crippen LogP contribution < -0.4 is 4.42 Å². The summed E-state index contributed by atoms with van der Waals surface area (Å²) in [5.41, 5.74) is -1.31. The van der Waals surface area contributed by atoms with Crippen molar-refractivity contribution in [2.75, 3.05) is 11.0 Å². The highest BCUT2D eigenvalue weighted by atomic mass is 35.5. The van der Waals surface area contributed by atoms with Crippen LogP contribution in [0.1, 0.15) is 50.0 Å². The van der Waals surface area contributed by atoms with Crippen LogP contribution in [0.4, 0.5) is 24.9 Å². The fourth-order valence-electron chi connectivity index (χ4n) is 2.66. The van der Waals surface area contributed by atoms with Crippen molar-refractivity contribution in [1.82, 2.24) is 15.3 Å². The van der Waals surface area contributed by atoms with Gasteiger partial charge in [0.05, 0.1) is 23.7 Å². The molecule has 1 aromatic carbocycles. The summed E-state index contributed by atoms with van der Waals surface area (Å²) < 4.78 is 45.7. The Morgan fingerprint density at radius 2 is 2.00 bits per heavy atom. The molecule has 0 bridgehead atoms. The normalized spacial score (nSPS) is 12.6. The summed E-state index contributed by atoms with van der Waals surface area (Å²) in [5.74, 6) is -0.409. The number of hydroxylamine groups is 2. The molecule has 0 spiro atoms. The van der Waals surface area contributed by atoms with Gasteiger partial charge in [-0.1, -0.05) is 43.4 Å². The van der Waals surface area contributed by atoms with E-state index in [1.165, 1.54) is 18.2 Å². The molecule has 0 saturated carbocycles. The summed E-state index contributed by atoms with van der Waals surface area (Å²) in [6.07, 6.45) is -1.16. The highest BCUT2D eigenvalue weighted by Crippen LogP contribution is 2.40. The van der Waals surface area contributed by atoms with E-state index in [0.717, 1.165) is 25.3 Å². The number of carbonyl (C=O) groups excluding carboxylic acids is 1. The first kappa shape index (κ1) is 22.0. The first-order valence-electron chi connectivity index (χ1n) is 8.64. The lowest BCUT2D eigenvalue weighted by Crippen LogP contribution is -2.24. The van der Waals surface area contributed by atoms with E-state index in [1.807, 2.05) is 6.92 Å². The molecule has 0 aliphatic rings. The molecule has 1 aromatic heterocycles. The molecule has 1 N–H and O–H groups in total. The van der Waals surface area contributed by atoms with Crippen LogP contribution in [0.5, 0.6) is 0 Å². The fourth-order valence-corrected chi connectivity index (χ4v) is 2.88. The monoisotopic (exact) mass is 420 g/mol. The van der Waals surface area contributed by atoms with Crippen LogP contribution in [0.25, 0.3) is 0 Å². The molecular weight excluding hydrogens is 401 g/mol. The van der Waals surface area contributed by atoms with E-state index < -0.39 is 17.7 Å². The van der Waals surface area contributed by atoms with Crippen LogP contribution in [-0.4, -0.2) is 33.4 Å². The van der Waals surface area contributed by atoms with Gasteiger partial charge in [-0.3, -0.25) is 10.0 Å². The molecule has 28 heavy (non-hydrogen) atoms. The summed E-state index contributed by atoms with van der Waals surface area (Å²) in [7, 11) is 0. The Bertz CT molecular complexity index is 772. The lowest BCUT2D eigenvalue weighted by Gasteiger charge is -2.18. The van der Waals surface area contributed by atoms with E-state index in [1.54, 1.807) is 0 Å². The van der Waals surface area contributed by atoms with E-state index in [2.05, 4.69) is 10.2 Å². The molecule has 2 rings (SSSR count). The Balaban J connectivity index is 2.26. The Kier molecular flexibility index (Phi) is 7.64. The van der Waals surface area contributed by atoms with Gasteiger partial charge in [-0.2, -0.15) is 13.2 Å². The molecule has 1 heterocycles. The lowest BCUT2D eigenvalue weighted by molar-refractivity contribution is -0.151. The van der Waals surface area contributed by atoms with Crippen molar-refractivity contribution in [1.29, 1.82) is 0 Å². The van der Waals surface area contributed by atoms with E-state index in [9.17, 15) is 23.2 Å². The molecular formula is C17H20ClF3N4O3. The van der Waals surface area contributed by atoms with Crippen LogP contribution in [0.2, 0.25) is 0 Å². The summed E-state index contributed by atoms with van der Waals surface area (Å²) in [5, 5.41) is 17.5. The number of hydrogen-bond donors (Lipinski definition) is 1. The lowest BCUT2D eigenvalue weighted by atomic mass is 10.0. The molecule has 0 radical (unpaired) electrons. The zero-order valence-corrected chi connectivity index (χ0v) is 15.8. The number of rotatable bonds is 10. The molecule has 0 saturated heterocycles. The van der Waals surface area contributed by atoms with Gasteiger partial charge in [-0.05, 0) is 18.6 Å². The summed E-state index contributed by atoms with van der Waals surface area (Å²) in [6.45, 7) is 1.93. The maximum absolute atomic E-state index is 13.2. The number of para-hydroxylation sites is 1. The zero-order chi connectivity index (χ0) is 20.7. The second-order valence-corrected chi connectivity index (χ2v) is 6.48. The fraction of sp³-hybridized carbons (Fsp3) is 0.471. The molecule has 1 amide bonds. The Hall–Kier alpha value is -2.33. The minimum atomic E-state index is -4.61. The summed E-state index contributed by atoms with van der Waals surface area (Å²) in [6, 6.07) is 4.38. The second kappa shape index (κ2) is 9.74. The number of halogens is 4. The van der Waals surface area contributed by atoms with E-state index in [0.29, 0.717) is 15.9 Å². The van der Waals surface area contributed by atoms with Crippen molar-refractivity contribution >= 4 is 29.9 Å². The molecule has 11 heteroatoms. The largest absolute Gasteiger partial charge is 0.418 e. The minimum absolute atomic E-state index is 0.0714. The molecule has 154 valence electrons. The number of alkyl halides is 3. The third kappa shape index (κ3) is 5.59. The molecule has 1 atom stereocenters. The minimum Gasteiger partial charge on any atom is -0.407 e. The topological polar surface area (TPSA) is 82.7 Å². The maximum atomic E-state index is 13.2. The smallest absolute Gasteiger partial charge is 0.407 e. The van der Waals surface area contributed by atoms with Crippen LogP contribution in [0, 0.1) is 0 Å².